The van der Waals surface area contributed by atoms with Crippen molar-refractivity contribution in [3.05, 3.63) is 44.9 Å². The Bertz CT molecular complexity index is 796. The number of imidazole rings is 1. The molecule has 3 heterocycles. The molecule has 5 nitrogen and oxygen atoms in total. The number of nitrogens with one attached hydrogen (secondary N) is 1. The predicted octanol–water partition coefficient (Wildman–Crippen LogP) is 2.84. The van der Waals surface area contributed by atoms with Crippen LogP contribution in [0.2, 0.25) is 0 Å². The summed E-state index contributed by atoms with van der Waals surface area (Å²) in [4.78, 5) is 18.4. The lowest BCUT2D eigenvalue weighted by Gasteiger charge is -1.99. The quantitative estimate of drug-likeness (QED) is 0.597. The van der Waals surface area contributed by atoms with Gasteiger partial charge in [-0.05, 0) is 30.9 Å². The van der Waals surface area contributed by atoms with E-state index in [1.54, 1.807) is 22.0 Å². The smallest absolute Gasteiger partial charge is 0.286 e. The fourth-order valence-electron chi connectivity index (χ4n) is 1.89. The van der Waals surface area contributed by atoms with Gasteiger partial charge in [0.1, 0.15) is 5.69 Å². The Morgan fingerprint density at radius 1 is 1.40 bits per heavy atom. The van der Waals surface area contributed by atoms with Crippen molar-refractivity contribution in [3.8, 4) is 0 Å². The van der Waals surface area contributed by atoms with Crippen LogP contribution in [0, 0.1) is 13.8 Å². The maximum Gasteiger partial charge on any atom is 0.290 e. The first-order chi connectivity index (χ1) is 9.66. The molecule has 3 aromatic rings. The molecular weight excluding hydrogens is 292 g/mol. The summed E-state index contributed by atoms with van der Waals surface area (Å²) in [5, 5.41) is 7.91. The molecule has 0 spiro atoms. The number of thiophene rings is 1. The molecule has 7 heteroatoms. The molecule has 0 aliphatic heterocycles. The number of hydrogen-bond donors (Lipinski definition) is 1. The molecule has 0 aliphatic carbocycles. The Balaban J connectivity index is 1.80. The number of hydrogen-bond acceptors (Lipinski definition) is 5. The minimum absolute atomic E-state index is 0.251. The van der Waals surface area contributed by atoms with Crippen molar-refractivity contribution in [2.24, 2.45) is 5.10 Å². The van der Waals surface area contributed by atoms with Gasteiger partial charge in [0, 0.05) is 16.5 Å². The van der Waals surface area contributed by atoms with E-state index in [1.165, 1.54) is 11.3 Å². The number of fused-ring (bicyclic) bond motifs is 1. The second-order valence-corrected chi connectivity index (χ2v) is 6.09. The highest BCUT2D eigenvalue weighted by atomic mass is 32.1. The van der Waals surface area contributed by atoms with Crippen LogP contribution in [0.15, 0.2) is 28.1 Å². The lowest BCUT2D eigenvalue weighted by atomic mass is 10.3. The Morgan fingerprint density at radius 2 is 2.25 bits per heavy atom. The van der Waals surface area contributed by atoms with Crippen LogP contribution in [0.4, 0.5) is 0 Å². The molecule has 0 saturated carbocycles. The number of carbonyl (C=O) groups is 1. The molecule has 1 amide bonds. The number of aryl methyl sites for hydroxylation is 2. The molecule has 102 valence electrons. The Hall–Kier alpha value is -1.99. The van der Waals surface area contributed by atoms with Crippen molar-refractivity contribution in [2.45, 2.75) is 13.8 Å². The van der Waals surface area contributed by atoms with Gasteiger partial charge in [0.2, 0.25) is 0 Å². The van der Waals surface area contributed by atoms with Crippen LogP contribution in [-0.4, -0.2) is 21.5 Å². The van der Waals surface area contributed by atoms with Crippen molar-refractivity contribution in [3.63, 3.8) is 0 Å². The second-order valence-electron chi connectivity index (χ2n) is 4.27. The normalized spacial score (nSPS) is 11.5. The van der Waals surface area contributed by atoms with E-state index in [1.807, 2.05) is 36.9 Å². The van der Waals surface area contributed by atoms with Gasteiger partial charge in [-0.1, -0.05) is 0 Å². The molecule has 3 aromatic heterocycles. The molecule has 0 aliphatic rings. The molecular formula is C13H12N4OS2. The van der Waals surface area contributed by atoms with Crippen molar-refractivity contribution in [1.29, 1.82) is 0 Å². The van der Waals surface area contributed by atoms with Crippen LogP contribution >= 0.6 is 22.7 Å². The third kappa shape index (κ3) is 2.25. The van der Waals surface area contributed by atoms with Gasteiger partial charge in [0.25, 0.3) is 5.91 Å². The van der Waals surface area contributed by atoms with Crippen LogP contribution in [0.3, 0.4) is 0 Å². The summed E-state index contributed by atoms with van der Waals surface area (Å²) in [6, 6.07) is 2.02. The molecule has 0 atom stereocenters. The Kier molecular flexibility index (Phi) is 3.37. The SMILES string of the molecule is Cc1ccsc1/C=N\NC(=O)c1c(C)nc2sccn12. The molecule has 0 aromatic carbocycles. The van der Waals surface area contributed by atoms with E-state index in [4.69, 9.17) is 0 Å². The zero-order valence-electron chi connectivity index (χ0n) is 11.0. The van der Waals surface area contributed by atoms with E-state index in [0.29, 0.717) is 11.4 Å². The highest BCUT2D eigenvalue weighted by Crippen LogP contribution is 2.16. The van der Waals surface area contributed by atoms with E-state index in [-0.39, 0.29) is 5.91 Å². The third-order valence-electron chi connectivity index (χ3n) is 2.90. The van der Waals surface area contributed by atoms with Crippen LogP contribution in [0.1, 0.15) is 26.6 Å². The number of nitrogens with zero attached hydrogens (tertiary/aromatic N) is 3. The predicted molar refractivity (Wildman–Crippen MR) is 81.9 cm³/mol. The third-order valence-corrected chi connectivity index (χ3v) is 4.61. The number of hydrazone groups is 1. The van der Waals surface area contributed by atoms with E-state index in [9.17, 15) is 4.79 Å². The van der Waals surface area contributed by atoms with Gasteiger partial charge in [-0.2, -0.15) is 5.10 Å². The Morgan fingerprint density at radius 3 is 3.00 bits per heavy atom. The van der Waals surface area contributed by atoms with Crippen LogP contribution in [0.25, 0.3) is 4.96 Å². The van der Waals surface area contributed by atoms with Gasteiger partial charge in [0.15, 0.2) is 4.96 Å². The van der Waals surface area contributed by atoms with Crippen molar-refractivity contribution in [1.82, 2.24) is 14.8 Å². The summed E-state index contributed by atoms with van der Waals surface area (Å²) in [6.45, 7) is 3.83. The topological polar surface area (TPSA) is 58.8 Å². The standard InChI is InChI=1S/C13H12N4OS2/c1-8-3-5-19-10(8)7-14-16-12(18)11-9(2)15-13-17(11)4-6-20-13/h3-7H,1-2H3,(H,16,18)/b14-7-. The second kappa shape index (κ2) is 5.18. The van der Waals surface area contributed by atoms with Gasteiger partial charge in [-0.3, -0.25) is 9.20 Å². The van der Waals surface area contributed by atoms with Crippen molar-refractivity contribution in [2.75, 3.05) is 0 Å². The summed E-state index contributed by atoms with van der Waals surface area (Å²) < 4.78 is 1.78. The van der Waals surface area contributed by atoms with E-state index < -0.39 is 0 Å². The number of carbonyl (C=O) groups excluding carboxylic acids is 1. The van der Waals surface area contributed by atoms with Gasteiger partial charge < -0.3 is 0 Å². The van der Waals surface area contributed by atoms with Gasteiger partial charge >= 0.3 is 0 Å². The maximum absolute atomic E-state index is 12.2. The molecule has 1 N–H and O–H groups in total. The minimum Gasteiger partial charge on any atom is -0.286 e. The average Bonchev–Trinajstić information content (AvgIpc) is 3.06. The molecule has 0 fully saturated rings. The minimum atomic E-state index is -0.251. The zero-order valence-corrected chi connectivity index (χ0v) is 12.6. The van der Waals surface area contributed by atoms with Crippen molar-refractivity contribution >= 4 is 39.8 Å². The molecule has 0 bridgehead atoms. The maximum atomic E-state index is 12.2. The van der Waals surface area contributed by atoms with E-state index >= 15 is 0 Å². The average molecular weight is 304 g/mol. The highest BCUT2D eigenvalue weighted by Gasteiger charge is 2.16. The van der Waals surface area contributed by atoms with Crippen LogP contribution in [0.5, 0.6) is 0 Å². The fourth-order valence-corrected chi connectivity index (χ4v) is 3.43. The Labute approximate surface area is 123 Å². The lowest BCUT2D eigenvalue weighted by Crippen LogP contribution is -2.20. The lowest BCUT2D eigenvalue weighted by molar-refractivity contribution is 0.0948. The van der Waals surface area contributed by atoms with E-state index in [2.05, 4.69) is 15.5 Å². The summed E-state index contributed by atoms with van der Waals surface area (Å²) in [5.41, 5.74) is 4.94. The van der Waals surface area contributed by atoms with Crippen molar-refractivity contribution < 1.29 is 4.79 Å². The molecule has 3 rings (SSSR count). The molecule has 0 saturated heterocycles. The largest absolute Gasteiger partial charge is 0.290 e. The van der Waals surface area contributed by atoms with Gasteiger partial charge in [-0.15, -0.1) is 22.7 Å². The number of amides is 1. The first-order valence-electron chi connectivity index (χ1n) is 5.96. The summed E-state index contributed by atoms with van der Waals surface area (Å²) in [5.74, 6) is -0.251. The number of thiazole rings is 1. The first kappa shape index (κ1) is 13.0. The molecule has 20 heavy (non-hydrogen) atoms. The van der Waals surface area contributed by atoms with E-state index in [0.717, 1.165) is 15.4 Å². The summed E-state index contributed by atoms with van der Waals surface area (Å²) in [7, 11) is 0. The fraction of sp³-hybridized carbons (Fsp3) is 0.154. The number of rotatable bonds is 3. The van der Waals surface area contributed by atoms with Crippen LogP contribution in [-0.2, 0) is 0 Å². The highest BCUT2D eigenvalue weighted by molar-refractivity contribution is 7.15. The zero-order chi connectivity index (χ0) is 14.1. The summed E-state index contributed by atoms with van der Waals surface area (Å²) in [6.07, 6.45) is 3.50. The molecule has 0 unspecified atom stereocenters. The monoisotopic (exact) mass is 304 g/mol. The summed E-state index contributed by atoms with van der Waals surface area (Å²) >= 11 is 3.09. The van der Waals surface area contributed by atoms with Gasteiger partial charge in [-0.25, -0.2) is 10.4 Å². The first-order valence-corrected chi connectivity index (χ1v) is 7.72. The number of aromatic nitrogens is 2. The molecule has 0 radical (unpaired) electrons. The van der Waals surface area contributed by atoms with Gasteiger partial charge in [0.05, 0.1) is 11.9 Å². The van der Waals surface area contributed by atoms with Crippen LogP contribution < -0.4 is 5.43 Å².